The Morgan fingerprint density at radius 3 is 2.21 bits per heavy atom. The van der Waals surface area contributed by atoms with Crippen LogP contribution >= 0.6 is 11.8 Å². The van der Waals surface area contributed by atoms with Crippen LogP contribution in [-0.4, -0.2) is 36.6 Å². The summed E-state index contributed by atoms with van der Waals surface area (Å²) in [5.41, 5.74) is 1.98. The fourth-order valence-corrected chi connectivity index (χ4v) is 4.66. The van der Waals surface area contributed by atoms with Crippen molar-refractivity contribution < 1.29 is 19.1 Å². The lowest BCUT2D eigenvalue weighted by atomic mass is 9.80. The molecule has 0 heterocycles. The number of methoxy groups -OCH3 is 1. The number of carbonyl (C=O) groups is 2. The van der Waals surface area contributed by atoms with Crippen molar-refractivity contribution in [3.63, 3.8) is 0 Å². The van der Waals surface area contributed by atoms with Gasteiger partial charge in [0.15, 0.2) is 5.12 Å². The zero-order chi connectivity index (χ0) is 24.2. The van der Waals surface area contributed by atoms with Gasteiger partial charge < -0.3 is 14.8 Å². The molecule has 6 heteroatoms. The average molecular weight is 472 g/mol. The van der Waals surface area contributed by atoms with Crippen LogP contribution < -0.4 is 10.1 Å². The maximum absolute atomic E-state index is 13.0. The van der Waals surface area contributed by atoms with Crippen molar-refractivity contribution in [1.82, 2.24) is 0 Å². The van der Waals surface area contributed by atoms with Gasteiger partial charge in [0.25, 0.3) is 0 Å². The number of esters is 1. The third-order valence-electron chi connectivity index (χ3n) is 5.86. The van der Waals surface area contributed by atoms with Crippen LogP contribution in [0.5, 0.6) is 5.75 Å². The second-order valence-electron chi connectivity index (χ2n) is 8.23. The van der Waals surface area contributed by atoms with Crippen LogP contribution in [0, 0.1) is 11.8 Å². The lowest BCUT2D eigenvalue weighted by molar-refractivity contribution is -0.148. The number of benzene rings is 2. The molecular weight excluding hydrogens is 434 g/mol. The first kappa shape index (κ1) is 26.8. The summed E-state index contributed by atoms with van der Waals surface area (Å²) in [5, 5.41) is 3.74. The van der Waals surface area contributed by atoms with Crippen LogP contribution in [0.3, 0.4) is 0 Å². The third-order valence-corrected chi connectivity index (χ3v) is 7.13. The Morgan fingerprint density at radius 1 is 0.970 bits per heavy atom. The topological polar surface area (TPSA) is 64.6 Å². The minimum absolute atomic E-state index is 0.0903. The molecule has 0 aliphatic carbocycles. The Morgan fingerprint density at radius 2 is 1.64 bits per heavy atom. The molecule has 0 aliphatic heterocycles. The molecule has 2 aromatic rings. The van der Waals surface area contributed by atoms with Crippen LogP contribution in [0.4, 0.5) is 5.69 Å². The van der Waals surface area contributed by atoms with Crippen LogP contribution in [0.15, 0.2) is 54.6 Å². The standard InChI is InChI=1S/C27H37NO4S/c1-6-17-33-27(30)20(4)25(28-22-13-15-23(31-5)16-14-22)18-24(19(3)26(29)32-7-2)21-11-9-8-10-12-21/h8-16,19-20,24-25,28H,6-7,17-18H2,1-5H3. The first-order valence-corrected chi connectivity index (χ1v) is 12.7. The van der Waals surface area contributed by atoms with E-state index in [0.717, 1.165) is 29.2 Å². The quantitative estimate of drug-likeness (QED) is 0.353. The van der Waals surface area contributed by atoms with Gasteiger partial charge in [0.05, 0.1) is 19.6 Å². The van der Waals surface area contributed by atoms with Crippen molar-refractivity contribution in [2.45, 2.75) is 52.5 Å². The molecule has 0 aromatic heterocycles. The van der Waals surface area contributed by atoms with Crippen molar-refractivity contribution in [1.29, 1.82) is 0 Å². The Hall–Kier alpha value is -2.47. The number of rotatable bonds is 13. The highest BCUT2D eigenvalue weighted by Crippen LogP contribution is 2.34. The summed E-state index contributed by atoms with van der Waals surface area (Å²) >= 11 is 1.38. The third kappa shape index (κ3) is 8.11. The van der Waals surface area contributed by atoms with E-state index in [9.17, 15) is 9.59 Å². The Kier molecular flexibility index (Phi) is 11.3. The van der Waals surface area contributed by atoms with E-state index in [-0.39, 0.29) is 34.9 Å². The number of thioether (sulfide) groups is 1. The van der Waals surface area contributed by atoms with Crippen molar-refractivity contribution >= 4 is 28.5 Å². The number of anilines is 1. The fraction of sp³-hybridized carbons (Fsp3) is 0.481. The smallest absolute Gasteiger partial charge is 0.309 e. The summed E-state index contributed by atoms with van der Waals surface area (Å²) in [5.74, 6) is 0.710. The molecule has 0 bridgehead atoms. The van der Waals surface area contributed by atoms with E-state index in [1.54, 1.807) is 7.11 Å². The summed E-state index contributed by atoms with van der Waals surface area (Å²) in [6.45, 7) is 8.13. The lowest BCUT2D eigenvalue weighted by Gasteiger charge is -2.31. The molecule has 5 nitrogen and oxygen atoms in total. The van der Waals surface area contributed by atoms with Gasteiger partial charge in [-0.3, -0.25) is 9.59 Å². The molecule has 0 saturated heterocycles. The normalized spacial score (nSPS) is 14.6. The van der Waals surface area contributed by atoms with Crippen LogP contribution in [-0.2, 0) is 14.3 Å². The molecule has 4 unspecified atom stereocenters. The number of carbonyl (C=O) groups excluding carboxylic acids is 2. The molecule has 0 amide bonds. The number of nitrogens with one attached hydrogen (secondary N) is 1. The molecule has 2 aromatic carbocycles. The van der Waals surface area contributed by atoms with Gasteiger partial charge in [0.1, 0.15) is 5.75 Å². The van der Waals surface area contributed by atoms with Gasteiger partial charge in [-0.1, -0.05) is 62.9 Å². The molecule has 0 fully saturated rings. The van der Waals surface area contributed by atoms with Gasteiger partial charge in [0.2, 0.25) is 0 Å². The summed E-state index contributed by atoms with van der Waals surface area (Å²) < 4.78 is 10.6. The average Bonchev–Trinajstić information content (AvgIpc) is 2.85. The van der Waals surface area contributed by atoms with Gasteiger partial charge in [-0.2, -0.15) is 0 Å². The molecule has 1 N–H and O–H groups in total. The van der Waals surface area contributed by atoms with E-state index in [1.165, 1.54) is 11.8 Å². The minimum atomic E-state index is -0.335. The van der Waals surface area contributed by atoms with Crippen molar-refractivity contribution in [3.8, 4) is 5.75 Å². The second-order valence-corrected chi connectivity index (χ2v) is 9.33. The molecule has 33 heavy (non-hydrogen) atoms. The highest BCUT2D eigenvalue weighted by Gasteiger charge is 2.33. The number of hydrogen-bond donors (Lipinski definition) is 1. The van der Waals surface area contributed by atoms with Gasteiger partial charge >= 0.3 is 5.97 Å². The molecular formula is C27H37NO4S. The van der Waals surface area contributed by atoms with Gasteiger partial charge in [-0.25, -0.2) is 0 Å². The molecule has 2 rings (SSSR count). The van der Waals surface area contributed by atoms with Crippen molar-refractivity contribution in [2.24, 2.45) is 11.8 Å². The highest BCUT2D eigenvalue weighted by atomic mass is 32.2. The molecule has 0 spiro atoms. The lowest BCUT2D eigenvalue weighted by Crippen LogP contribution is -2.35. The van der Waals surface area contributed by atoms with E-state index in [0.29, 0.717) is 13.0 Å². The Balaban J connectivity index is 2.35. The van der Waals surface area contributed by atoms with E-state index >= 15 is 0 Å². The van der Waals surface area contributed by atoms with Crippen molar-refractivity contribution in [3.05, 3.63) is 60.2 Å². The van der Waals surface area contributed by atoms with E-state index < -0.39 is 0 Å². The minimum Gasteiger partial charge on any atom is -0.497 e. The number of hydrogen-bond acceptors (Lipinski definition) is 6. The summed E-state index contributed by atoms with van der Waals surface area (Å²) in [7, 11) is 1.64. The zero-order valence-corrected chi connectivity index (χ0v) is 21.2. The highest BCUT2D eigenvalue weighted by molar-refractivity contribution is 8.13. The SMILES string of the molecule is CCCSC(=O)C(C)C(CC(c1ccccc1)C(C)C(=O)OCC)Nc1ccc(OC)cc1. The molecule has 180 valence electrons. The molecule has 0 aliphatic rings. The van der Waals surface area contributed by atoms with E-state index in [1.807, 2.05) is 75.4 Å². The van der Waals surface area contributed by atoms with E-state index in [2.05, 4.69) is 12.2 Å². The zero-order valence-electron chi connectivity index (χ0n) is 20.4. The fourth-order valence-electron chi connectivity index (χ4n) is 3.83. The summed E-state index contributed by atoms with van der Waals surface area (Å²) in [4.78, 5) is 25.7. The molecule has 0 saturated carbocycles. The molecule has 4 atom stereocenters. The van der Waals surface area contributed by atoms with Gasteiger partial charge in [-0.15, -0.1) is 0 Å². The summed E-state index contributed by atoms with van der Waals surface area (Å²) in [6.07, 6.45) is 1.57. The predicted octanol–water partition coefficient (Wildman–Crippen LogP) is 6.15. The predicted molar refractivity (Wildman–Crippen MR) is 137 cm³/mol. The second kappa shape index (κ2) is 13.9. The Labute approximate surface area is 202 Å². The van der Waals surface area contributed by atoms with Crippen LogP contribution in [0.25, 0.3) is 0 Å². The van der Waals surface area contributed by atoms with Gasteiger partial charge in [0, 0.05) is 23.4 Å². The Bertz CT molecular complexity index is 856. The van der Waals surface area contributed by atoms with Crippen LogP contribution in [0.1, 0.15) is 52.0 Å². The number of ether oxygens (including phenoxy) is 2. The first-order chi connectivity index (χ1) is 15.9. The molecule has 0 radical (unpaired) electrons. The van der Waals surface area contributed by atoms with E-state index in [4.69, 9.17) is 9.47 Å². The monoisotopic (exact) mass is 471 g/mol. The maximum atomic E-state index is 13.0. The van der Waals surface area contributed by atoms with Crippen LogP contribution in [0.2, 0.25) is 0 Å². The first-order valence-electron chi connectivity index (χ1n) is 11.7. The van der Waals surface area contributed by atoms with Gasteiger partial charge in [-0.05, 0) is 55.5 Å². The maximum Gasteiger partial charge on any atom is 0.309 e. The van der Waals surface area contributed by atoms with Crippen molar-refractivity contribution in [2.75, 3.05) is 24.8 Å². The summed E-state index contributed by atoms with van der Waals surface area (Å²) in [6, 6.07) is 17.6. The largest absolute Gasteiger partial charge is 0.497 e.